The number of carbonyl (C=O) groups is 1. The van der Waals surface area contributed by atoms with Gasteiger partial charge in [0.1, 0.15) is 4.83 Å². The van der Waals surface area contributed by atoms with E-state index in [9.17, 15) is 4.79 Å². The standard InChI is InChI=1S/C23H25N5OS/c1-14-3-8-19-15(2)21(30-23(19)27-14)22(29)25-10-9-16-4-6-18(7-5-16)28-20-13-24-11-17(20)12-26-28/h3-8,24,26H,9-13H2,1-2H3,(H,25,29). The monoisotopic (exact) mass is 419 g/mol. The predicted octanol–water partition coefficient (Wildman–Crippen LogP) is 3.07. The van der Waals surface area contributed by atoms with Crippen molar-refractivity contribution in [3.05, 3.63) is 69.4 Å². The predicted molar refractivity (Wildman–Crippen MR) is 122 cm³/mol. The minimum atomic E-state index is -0.0146. The number of amides is 1. The molecule has 1 amide bonds. The molecule has 0 spiro atoms. The van der Waals surface area contributed by atoms with Crippen molar-refractivity contribution in [2.75, 3.05) is 31.2 Å². The van der Waals surface area contributed by atoms with Gasteiger partial charge in [-0.25, -0.2) is 10.4 Å². The molecule has 5 rings (SSSR count). The molecule has 7 heteroatoms. The third kappa shape index (κ3) is 3.49. The lowest BCUT2D eigenvalue weighted by Crippen LogP contribution is -2.35. The van der Waals surface area contributed by atoms with E-state index in [2.05, 4.69) is 56.4 Å². The number of fused-ring (bicyclic) bond motifs is 1. The first-order chi connectivity index (χ1) is 14.6. The van der Waals surface area contributed by atoms with Gasteiger partial charge in [-0.3, -0.25) is 9.80 Å². The SMILES string of the molecule is Cc1ccc2c(C)c(C(=O)NCCc3ccc(N4NCC5=C4CNC5)cc3)sc2n1. The second kappa shape index (κ2) is 7.83. The zero-order chi connectivity index (χ0) is 20.7. The molecule has 0 aliphatic carbocycles. The van der Waals surface area contributed by atoms with Gasteiger partial charge in [0.05, 0.1) is 16.3 Å². The molecular weight excluding hydrogens is 394 g/mol. The van der Waals surface area contributed by atoms with E-state index in [1.54, 1.807) is 0 Å². The van der Waals surface area contributed by atoms with Gasteiger partial charge in [-0.2, -0.15) is 0 Å². The fourth-order valence-electron chi connectivity index (χ4n) is 4.10. The molecule has 4 heterocycles. The van der Waals surface area contributed by atoms with Crippen LogP contribution in [0, 0.1) is 13.8 Å². The molecular formula is C23H25N5OS. The second-order valence-electron chi connectivity index (χ2n) is 7.86. The molecule has 0 radical (unpaired) electrons. The second-order valence-corrected chi connectivity index (χ2v) is 8.86. The van der Waals surface area contributed by atoms with Crippen LogP contribution in [0.4, 0.5) is 5.69 Å². The first-order valence-corrected chi connectivity index (χ1v) is 11.1. The highest BCUT2D eigenvalue weighted by atomic mass is 32.1. The Morgan fingerprint density at radius 1 is 1.13 bits per heavy atom. The molecule has 2 aliphatic heterocycles. The Morgan fingerprint density at radius 2 is 1.97 bits per heavy atom. The van der Waals surface area contributed by atoms with Crippen LogP contribution in [0.1, 0.15) is 26.5 Å². The van der Waals surface area contributed by atoms with Crippen LogP contribution in [0.2, 0.25) is 0 Å². The van der Waals surface area contributed by atoms with Crippen LogP contribution in [-0.2, 0) is 6.42 Å². The molecule has 154 valence electrons. The fraction of sp³-hybridized carbons (Fsp3) is 0.304. The Balaban J connectivity index is 1.20. The minimum Gasteiger partial charge on any atom is -0.351 e. The van der Waals surface area contributed by atoms with E-state index in [4.69, 9.17) is 0 Å². The Labute approximate surface area is 180 Å². The van der Waals surface area contributed by atoms with Crippen molar-refractivity contribution in [3.63, 3.8) is 0 Å². The van der Waals surface area contributed by atoms with Crippen molar-refractivity contribution >= 4 is 33.1 Å². The van der Waals surface area contributed by atoms with Crippen molar-refractivity contribution in [1.82, 2.24) is 21.0 Å². The molecule has 0 bridgehead atoms. The van der Waals surface area contributed by atoms with Crippen molar-refractivity contribution in [2.45, 2.75) is 20.3 Å². The third-order valence-corrected chi connectivity index (χ3v) is 7.00. The van der Waals surface area contributed by atoms with E-state index in [-0.39, 0.29) is 5.91 Å². The van der Waals surface area contributed by atoms with E-state index >= 15 is 0 Å². The largest absolute Gasteiger partial charge is 0.351 e. The van der Waals surface area contributed by atoms with Gasteiger partial charge >= 0.3 is 0 Å². The van der Waals surface area contributed by atoms with Crippen LogP contribution in [0.5, 0.6) is 0 Å². The summed E-state index contributed by atoms with van der Waals surface area (Å²) in [5.74, 6) is -0.0146. The molecule has 3 N–H and O–H groups in total. The van der Waals surface area contributed by atoms with Gasteiger partial charge in [0.15, 0.2) is 0 Å². The summed E-state index contributed by atoms with van der Waals surface area (Å²) in [5, 5.41) is 9.72. The molecule has 1 aromatic carbocycles. The molecule has 0 saturated heterocycles. The topological polar surface area (TPSA) is 69.3 Å². The van der Waals surface area contributed by atoms with E-state index in [0.717, 1.165) is 58.1 Å². The van der Waals surface area contributed by atoms with E-state index < -0.39 is 0 Å². The highest BCUT2D eigenvalue weighted by Crippen LogP contribution is 2.29. The van der Waals surface area contributed by atoms with E-state index in [0.29, 0.717) is 6.54 Å². The number of aromatic nitrogens is 1. The highest BCUT2D eigenvalue weighted by Gasteiger charge is 2.26. The lowest BCUT2D eigenvalue weighted by atomic mass is 10.1. The quantitative estimate of drug-likeness (QED) is 0.593. The van der Waals surface area contributed by atoms with Gasteiger partial charge in [-0.05, 0) is 61.2 Å². The number of nitrogens with one attached hydrogen (secondary N) is 3. The summed E-state index contributed by atoms with van der Waals surface area (Å²) < 4.78 is 0. The number of rotatable bonds is 5. The number of pyridine rings is 1. The number of hydrogen-bond acceptors (Lipinski definition) is 6. The maximum Gasteiger partial charge on any atom is 0.261 e. The number of carbonyl (C=O) groups excluding carboxylic acids is 1. The highest BCUT2D eigenvalue weighted by molar-refractivity contribution is 7.20. The lowest BCUT2D eigenvalue weighted by Gasteiger charge is -2.22. The number of nitrogens with zero attached hydrogens (tertiary/aromatic N) is 2. The van der Waals surface area contributed by atoms with Crippen LogP contribution in [0.25, 0.3) is 10.2 Å². The summed E-state index contributed by atoms with van der Waals surface area (Å²) in [6, 6.07) is 12.6. The van der Waals surface area contributed by atoms with Gasteiger partial charge in [0, 0.05) is 37.3 Å². The normalized spacial score (nSPS) is 15.9. The molecule has 0 saturated carbocycles. The van der Waals surface area contributed by atoms with Gasteiger partial charge in [0.2, 0.25) is 0 Å². The van der Waals surface area contributed by atoms with Crippen LogP contribution >= 0.6 is 11.3 Å². The maximum absolute atomic E-state index is 12.7. The summed E-state index contributed by atoms with van der Waals surface area (Å²) in [6.45, 7) is 7.40. The Hall–Kier alpha value is -2.74. The molecule has 0 unspecified atom stereocenters. The van der Waals surface area contributed by atoms with E-state index in [1.165, 1.54) is 28.2 Å². The molecule has 30 heavy (non-hydrogen) atoms. The average molecular weight is 420 g/mol. The Kier molecular flexibility index (Phi) is 5.02. The maximum atomic E-state index is 12.7. The summed E-state index contributed by atoms with van der Waals surface area (Å²) in [5.41, 5.74) is 10.6. The third-order valence-electron chi connectivity index (χ3n) is 5.80. The molecule has 0 fully saturated rings. The zero-order valence-electron chi connectivity index (χ0n) is 17.2. The van der Waals surface area contributed by atoms with Crippen molar-refractivity contribution < 1.29 is 4.79 Å². The van der Waals surface area contributed by atoms with Gasteiger partial charge in [0.25, 0.3) is 5.91 Å². The Bertz CT molecular complexity index is 1150. The van der Waals surface area contributed by atoms with Gasteiger partial charge < -0.3 is 10.6 Å². The number of benzene rings is 1. The number of thiophene rings is 1. The number of hydrogen-bond donors (Lipinski definition) is 3. The Morgan fingerprint density at radius 3 is 2.80 bits per heavy atom. The summed E-state index contributed by atoms with van der Waals surface area (Å²) in [6.07, 6.45) is 0.802. The minimum absolute atomic E-state index is 0.0146. The molecule has 6 nitrogen and oxygen atoms in total. The van der Waals surface area contributed by atoms with Crippen LogP contribution in [-0.4, -0.2) is 37.1 Å². The van der Waals surface area contributed by atoms with Crippen molar-refractivity contribution in [2.24, 2.45) is 0 Å². The fourth-order valence-corrected chi connectivity index (χ4v) is 5.24. The molecule has 2 aliphatic rings. The average Bonchev–Trinajstić information content (AvgIpc) is 3.43. The lowest BCUT2D eigenvalue weighted by molar-refractivity contribution is 0.0957. The van der Waals surface area contributed by atoms with Gasteiger partial charge in [-0.1, -0.05) is 12.1 Å². The van der Waals surface area contributed by atoms with Crippen LogP contribution < -0.4 is 21.1 Å². The van der Waals surface area contributed by atoms with Crippen molar-refractivity contribution in [3.8, 4) is 0 Å². The molecule has 2 aromatic heterocycles. The molecule has 3 aromatic rings. The van der Waals surface area contributed by atoms with Crippen LogP contribution in [0.3, 0.4) is 0 Å². The molecule has 0 atom stereocenters. The number of aryl methyl sites for hydroxylation is 2. The number of anilines is 1. The first-order valence-electron chi connectivity index (χ1n) is 10.3. The first kappa shape index (κ1) is 19.2. The zero-order valence-corrected chi connectivity index (χ0v) is 18.0. The van der Waals surface area contributed by atoms with Gasteiger partial charge in [-0.15, -0.1) is 11.3 Å². The summed E-state index contributed by atoms with van der Waals surface area (Å²) in [7, 11) is 0. The van der Waals surface area contributed by atoms with Crippen molar-refractivity contribution in [1.29, 1.82) is 0 Å². The van der Waals surface area contributed by atoms with Crippen LogP contribution in [0.15, 0.2) is 47.7 Å². The van der Waals surface area contributed by atoms with E-state index in [1.807, 2.05) is 19.9 Å². The smallest absolute Gasteiger partial charge is 0.261 e. The number of hydrazine groups is 1. The summed E-state index contributed by atoms with van der Waals surface area (Å²) >= 11 is 1.47. The summed E-state index contributed by atoms with van der Waals surface area (Å²) in [4.78, 5) is 18.9.